The van der Waals surface area contributed by atoms with Crippen molar-refractivity contribution in [1.29, 1.82) is 0 Å². The van der Waals surface area contributed by atoms with Crippen LogP contribution >= 0.6 is 15.9 Å². The molecule has 1 aliphatic carbocycles. The lowest BCUT2D eigenvalue weighted by Crippen LogP contribution is -2.31. The van der Waals surface area contributed by atoms with Crippen molar-refractivity contribution in [2.24, 2.45) is 5.92 Å². The molecule has 0 unspecified atom stereocenters. The van der Waals surface area contributed by atoms with Crippen molar-refractivity contribution in [3.8, 4) is 0 Å². The van der Waals surface area contributed by atoms with Gasteiger partial charge in [0.05, 0.1) is 6.04 Å². The summed E-state index contributed by atoms with van der Waals surface area (Å²) in [5.74, 6) is -0.0919. The third-order valence-corrected chi connectivity index (χ3v) is 4.57. The van der Waals surface area contributed by atoms with E-state index in [-0.39, 0.29) is 24.5 Å². The lowest BCUT2D eigenvalue weighted by Gasteiger charge is -2.15. The van der Waals surface area contributed by atoms with Gasteiger partial charge >= 0.3 is 5.97 Å². The zero-order chi connectivity index (χ0) is 15.9. The molecule has 1 aromatic carbocycles. The molecular weight excluding hydrogens is 346 g/mol. The highest BCUT2D eigenvalue weighted by Gasteiger charge is 2.20. The normalized spacial score (nSPS) is 16.3. The topological polar surface area (TPSA) is 55.4 Å². The third-order valence-electron chi connectivity index (χ3n) is 4.04. The summed E-state index contributed by atoms with van der Waals surface area (Å²) in [6.07, 6.45) is 5.03. The van der Waals surface area contributed by atoms with E-state index in [1.54, 1.807) is 0 Å². The van der Waals surface area contributed by atoms with Gasteiger partial charge in [-0.2, -0.15) is 0 Å². The minimum absolute atomic E-state index is 0.117. The van der Waals surface area contributed by atoms with Crippen molar-refractivity contribution in [2.75, 3.05) is 6.61 Å². The molecule has 22 heavy (non-hydrogen) atoms. The number of amides is 1. The van der Waals surface area contributed by atoms with E-state index in [4.69, 9.17) is 4.74 Å². The maximum Gasteiger partial charge on any atom is 0.306 e. The summed E-state index contributed by atoms with van der Waals surface area (Å²) in [6.45, 7) is 1.70. The van der Waals surface area contributed by atoms with Crippen molar-refractivity contribution >= 4 is 27.8 Å². The average Bonchev–Trinajstić information content (AvgIpc) is 2.98. The smallest absolute Gasteiger partial charge is 0.306 e. The average molecular weight is 368 g/mol. The maximum absolute atomic E-state index is 11.8. The van der Waals surface area contributed by atoms with Crippen LogP contribution in [-0.2, 0) is 14.3 Å². The molecule has 1 N–H and O–H groups in total. The quantitative estimate of drug-likeness (QED) is 0.778. The molecule has 0 spiro atoms. The molecule has 5 heteroatoms. The highest BCUT2D eigenvalue weighted by atomic mass is 79.9. The van der Waals surface area contributed by atoms with Crippen LogP contribution in [0.2, 0.25) is 0 Å². The van der Waals surface area contributed by atoms with Crippen molar-refractivity contribution in [1.82, 2.24) is 5.32 Å². The Balaban J connectivity index is 1.70. The minimum atomic E-state index is -0.268. The number of hydrogen-bond acceptors (Lipinski definition) is 3. The van der Waals surface area contributed by atoms with Gasteiger partial charge < -0.3 is 10.1 Å². The van der Waals surface area contributed by atoms with E-state index in [0.29, 0.717) is 12.3 Å². The number of hydrogen-bond donors (Lipinski definition) is 1. The first kappa shape index (κ1) is 17.0. The first-order valence-electron chi connectivity index (χ1n) is 7.75. The molecule has 0 aromatic heterocycles. The van der Waals surface area contributed by atoms with E-state index >= 15 is 0 Å². The first-order valence-corrected chi connectivity index (χ1v) is 8.54. The number of carbonyl (C=O) groups is 2. The monoisotopic (exact) mass is 367 g/mol. The lowest BCUT2D eigenvalue weighted by atomic mass is 10.0. The van der Waals surface area contributed by atoms with Crippen LogP contribution in [0, 0.1) is 5.92 Å². The molecule has 0 radical (unpaired) electrons. The van der Waals surface area contributed by atoms with Crippen LogP contribution in [0.4, 0.5) is 0 Å². The number of rotatable bonds is 6. The largest absolute Gasteiger partial charge is 0.456 e. The van der Waals surface area contributed by atoms with Crippen LogP contribution in [-0.4, -0.2) is 18.5 Å². The van der Waals surface area contributed by atoms with Crippen molar-refractivity contribution < 1.29 is 14.3 Å². The molecule has 1 amide bonds. The minimum Gasteiger partial charge on any atom is -0.456 e. The second kappa shape index (κ2) is 8.32. The van der Waals surface area contributed by atoms with E-state index in [9.17, 15) is 9.59 Å². The molecule has 0 bridgehead atoms. The first-order chi connectivity index (χ1) is 10.5. The Bertz CT molecular complexity index is 509. The Hall–Kier alpha value is -1.36. The molecule has 2 rings (SSSR count). The van der Waals surface area contributed by atoms with Gasteiger partial charge in [-0.25, -0.2) is 0 Å². The van der Waals surface area contributed by atoms with Gasteiger partial charge in [-0.1, -0.05) is 40.9 Å². The van der Waals surface area contributed by atoms with Crippen molar-refractivity contribution in [3.63, 3.8) is 0 Å². The summed E-state index contributed by atoms with van der Waals surface area (Å²) >= 11 is 3.38. The van der Waals surface area contributed by atoms with E-state index in [0.717, 1.165) is 22.9 Å². The standard InChI is InChI=1S/C17H22BrNO3/c1-12(14-6-8-15(18)9-7-14)19-16(20)11-22-17(21)10-13-4-2-3-5-13/h6-9,12-13H,2-5,10-11H2,1H3,(H,19,20)/t12-/m1/s1. The van der Waals surface area contributed by atoms with Crippen LogP contribution in [0.3, 0.4) is 0 Å². The highest BCUT2D eigenvalue weighted by molar-refractivity contribution is 9.10. The second-order valence-corrected chi connectivity index (χ2v) is 6.77. The number of nitrogens with one attached hydrogen (secondary N) is 1. The predicted octanol–water partition coefficient (Wildman–Crippen LogP) is 3.75. The zero-order valence-electron chi connectivity index (χ0n) is 12.8. The number of halogens is 1. The van der Waals surface area contributed by atoms with Crippen LogP contribution < -0.4 is 5.32 Å². The Morgan fingerprint density at radius 1 is 1.27 bits per heavy atom. The van der Waals surface area contributed by atoms with Gasteiger partial charge in [0.15, 0.2) is 6.61 Å². The van der Waals surface area contributed by atoms with Crippen LogP contribution in [0.15, 0.2) is 28.7 Å². The van der Waals surface area contributed by atoms with Crippen LogP contribution in [0.1, 0.15) is 50.6 Å². The molecule has 1 aromatic rings. The second-order valence-electron chi connectivity index (χ2n) is 5.86. The fraction of sp³-hybridized carbons (Fsp3) is 0.529. The molecule has 1 atom stereocenters. The van der Waals surface area contributed by atoms with Crippen LogP contribution in [0.5, 0.6) is 0 Å². The van der Waals surface area contributed by atoms with E-state index in [1.165, 1.54) is 12.8 Å². The number of benzene rings is 1. The predicted molar refractivity (Wildman–Crippen MR) is 88.2 cm³/mol. The van der Waals surface area contributed by atoms with Gasteiger partial charge in [-0.3, -0.25) is 9.59 Å². The molecule has 4 nitrogen and oxygen atoms in total. The molecule has 0 saturated heterocycles. The fourth-order valence-electron chi connectivity index (χ4n) is 2.77. The summed E-state index contributed by atoms with van der Waals surface area (Å²) in [5, 5.41) is 2.83. The summed E-state index contributed by atoms with van der Waals surface area (Å²) in [5.41, 5.74) is 1.01. The molecule has 1 saturated carbocycles. The SMILES string of the molecule is C[C@@H](NC(=O)COC(=O)CC1CCCC1)c1ccc(Br)cc1. The van der Waals surface area contributed by atoms with E-state index < -0.39 is 0 Å². The third kappa shape index (κ3) is 5.44. The fourth-order valence-corrected chi connectivity index (χ4v) is 3.04. The number of carbonyl (C=O) groups excluding carboxylic acids is 2. The molecule has 120 valence electrons. The highest BCUT2D eigenvalue weighted by Crippen LogP contribution is 2.27. The summed E-state index contributed by atoms with van der Waals surface area (Å²) in [4.78, 5) is 23.5. The molecular formula is C17H22BrNO3. The Morgan fingerprint density at radius 3 is 2.55 bits per heavy atom. The zero-order valence-corrected chi connectivity index (χ0v) is 14.4. The van der Waals surface area contributed by atoms with Gasteiger partial charge in [0.2, 0.25) is 0 Å². The van der Waals surface area contributed by atoms with Gasteiger partial charge in [0.1, 0.15) is 0 Å². The van der Waals surface area contributed by atoms with Gasteiger partial charge in [-0.05, 0) is 43.4 Å². The molecule has 0 heterocycles. The number of esters is 1. The summed E-state index contributed by atoms with van der Waals surface area (Å²) in [7, 11) is 0. The summed E-state index contributed by atoms with van der Waals surface area (Å²) < 4.78 is 6.06. The molecule has 0 aliphatic heterocycles. The summed E-state index contributed by atoms with van der Waals surface area (Å²) in [6, 6.07) is 7.63. The van der Waals surface area contributed by atoms with Crippen LogP contribution in [0.25, 0.3) is 0 Å². The van der Waals surface area contributed by atoms with E-state index in [2.05, 4.69) is 21.2 Å². The Labute approximate surface area is 139 Å². The van der Waals surface area contributed by atoms with Gasteiger partial charge in [0.25, 0.3) is 5.91 Å². The number of ether oxygens (including phenoxy) is 1. The lowest BCUT2D eigenvalue weighted by molar-refractivity contribution is -0.149. The maximum atomic E-state index is 11.8. The van der Waals surface area contributed by atoms with Crippen molar-refractivity contribution in [2.45, 2.75) is 45.1 Å². The van der Waals surface area contributed by atoms with E-state index in [1.807, 2.05) is 31.2 Å². The van der Waals surface area contributed by atoms with Gasteiger partial charge in [-0.15, -0.1) is 0 Å². The molecule has 1 fully saturated rings. The Morgan fingerprint density at radius 2 is 1.91 bits per heavy atom. The Kier molecular flexibility index (Phi) is 6.43. The molecule has 1 aliphatic rings. The van der Waals surface area contributed by atoms with Crippen molar-refractivity contribution in [3.05, 3.63) is 34.3 Å². The van der Waals surface area contributed by atoms with Gasteiger partial charge in [0, 0.05) is 10.9 Å².